The smallest absolute Gasteiger partial charge is 0.343 e. The molecule has 1 aliphatic heterocycles. The average Bonchev–Trinajstić information content (AvgIpc) is 3.04. The first-order valence-corrected chi connectivity index (χ1v) is 6.66. The highest BCUT2D eigenvalue weighted by Crippen LogP contribution is 2.42. The first-order chi connectivity index (χ1) is 9.42. The number of alkyl halides is 1. The minimum Gasteiger partial charge on any atom is -0.479 e. The molecule has 1 atom stereocenters. The summed E-state index contributed by atoms with van der Waals surface area (Å²) in [4.78, 5) is 24.6. The number of carbonyl (C=O) groups excluding carboxylic acids is 1. The van der Waals surface area contributed by atoms with Crippen molar-refractivity contribution < 1.29 is 19.1 Å². The van der Waals surface area contributed by atoms with Crippen molar-refractivity contribution in [2.45, 2.75) is 30.8 Å². The Morgan fingerprint density at radius 2 is 2.20 bits per heavy atom. The highest BCUT2D eigenvalue weighted by atomic mass is 19.1. The molecule has 108 valence electrons. The van der Waals surface area contributed by atoms with Crippen LogP contribution in [0.4, 0.5) is 4.39 Å². The molecule has 20 heavy (non-hydrogen) atoms. The third kappa shape index (κ3) is 1.97. The lowest BCUT2D eigenvalue weighted by Gasteiger charge is -2.17. The number of likely N-dealkylation sites (tertiary alicyclic amines) is 1. The predicted molar refractivity (Wildman–Crippen MR) is 67.2 cm³/mol. The largest absolute Gasteiger partial charge is 0.479 e. The molecule has 1 unspecified atom stereocenters. The lowest BCUT2D eigenvalue weighted by atomic mass is 10.1. The van der Waals surface area contributed by atoms with Crippen LogP contribution in [0.3, 0.4) is 0 Å². The zero-order valence-electron chi connectivity index (χ0n) is 11.2. The number of halogens is 1. The van der Waals surface area contributed by atoms with E-state index in [1.807, 2.05) is 0 Å². The Morgan fingerprint density at radius 3 is 2.75 bits per heavy atom. The maximum Gasteiger partial charge on any atom is 0.343 e. The molecule has 2 heterocycles. The number of aliphatic carboxylic acids is 1. The summed E-state index contributed by atoms with van der Waals surface area (Å²) in [7, 11) is 1.78. The molecule has 0 radical (unpaired) electrons. The molecule has 3 rings (SSSR count). The molecule has 0 spiro atoms. The number of nitrogens with zero attached hydrogens (tertiary/aromatic N) is 3. The fourth-order valence-corrected chi connectivity index (χ4v) is 2.74. The van der Waals surface area contributed by atoms with Gasteiger partial charge in [0.15, 0.2) is 0 Å². The molecule has 1 aromatic rings. The van der Waals surface area contributed by atoms with Crippen LogP contribution >= 0.6 is 0 Å². The van der Waals surface area contributed by atoms with Crippen molar-refractivity contribution in [2.75, 3.05) is 13.1 Å². The summed E-state index contributed by atoms with van der Waals surface area (Å²) < 4.78 is 15.7. The van der Waals surface area contributed by atoms with Gasteiger partial charge in [0.1, 0.15) is 0 Å². The van der Waals surface area contributed by atoms with Gasteiger partial charge in [0.25, 0.3) is 5.91 Å². The maximum atomic E-state index is 14.0. The van der Waals surface area contributed by atoms with Crippen molar-refractivity contribution in [3.05, 3.63) is 17.5 Å². The topological polar surface area (TPSA) is 75.4 Å². The molecule has 2 fully saturated rings. The maximum absolute atomic E-state index is 14.0. The van der Waals surface area contributed by atoms with Crippen LogP contribution in [0.5, 0.6) is 0 Å². The van der Waals surface area contributed by atoms with Crippen molar-refractivity contribution in [2.24, 2.45) is 7.05 Å². The predicted octanol–water partition coefficient (Wildman–Crippen LogP) is 0.936. The Bertz CT molecular complexity index is 581. The van der Waals surface area contributed by atoms with Crippen LogP contribution in [0, 0.1) is 0 Å². The molecule has 1 amide bonds. The lowest BCUT2D eigenvalue weighted by molar-refractivity contribution is -0.149. The van der Waals surface area contributed by atoms with Crippen LogP contribution in [0.25, 0.3) is 0 Å². The summed E-state index contributed by atoms with van der Waals surface area (Å²) in [5.41, 5.74) is -0.969. The fourth-order valence-electron chi connectivity index (χ4n) is 2.74. The van der Waals surface area contributed by atoms with Crippen LogP contribution in [-0.2, 0) is 11.8 Å². The van der Waals surface area contributed by atoms with Crippen LogP contribution in [-0.4, -0.2) is 50.4 Å². The molecule has 0 bridgehead atoms. The zero-order valence-corrected chi connectivity index (χ0v) is 11.2. The van der Waals surface area contributed by atoms with Gasteiger partial charge < -0.3 is 10.0 Å². The molecule has 6 nitrogen and oxygen atoms in total. The number of aryl methyl sites for hydroxylation is 1. The van der Waals surface area contributed by atoms with Crippen molar-refractivity contribution >= 4 is 11.9 Å². The van der Waals surface area contributed by atoms with Gasteiger partial charge in [-0.25, -0.2) is 9.18 Å². The molecule has 2 aliphatic rings. The SMILES string of the molecule is Cn1ncc(C(=O)N2CCC(F)(C(=O)O)C2)c1C1CC1. The van der Waals surface area contributed by atoms with Gasteiger partial charge in [0, 0.05) is 25.9 Å². The van der Waals surface area contributed by atoms with E-state index in [1.54, 1.807) is 11.7 Å². The van der Waals surface area contributed by atoms with Gasteiger partial charge in [-0.15, -0.1) is 0 Å². The molecule has 1 saturated heterocycles. The van der Waals surface area contributed by atoms with Crippen LogP contribution in [0.15, 0.2) is 6.20 Å². The molecule has 7 heteroatoms. The molecular formula is C13H16FN3O3. The summed E-state index contributed by atoms with van der Waals surface area (Å²) in [6.45, 7) is -0.263. The second kappa shape index (κ2) is 4.29. The van der Waals surface area contributed by atoms with Crippen LogP contribution < -0.4 is 0 Å². The van der Waals surface area contributed by atoms with Gasteiger partial charge in [-0.1, -0.05) is 0 Å². The Morgan fingerprint density at radius 1 is 1.50 bits per heavy atom. The van der Waals surface area contributed by atoms with E-state index in [0.29, 0.717) is 11.5 Å². The van der Waals surface area contributed by atoms with Crippen LogP contribution in [0.2, 0.25) is 0 Å². The number of amides is 1. The zero-order chi connectivity index (χ0) is 14.5. The van der Waals surface area contributed by atoms with E-state index < -0.39 is 11.6 Å². The summed E-state index contributed by atoms with van der Waals surface area (Å²) >= 11 is 0. The Kier molecular flexibility index (Phi) is 2.81. The van der Waals surface area contributed by atoms with Gasteiger partial charge >= 0.3 is 5.97 Å². The second-order valence-corrected chi connectivity index (χ2v) is 5.59. The van der Waals surface area contributed by atoms with Crippen molar-refractivity contribution in [3.63, 3.8) is 0 Å². The van der Waals surface area contributed by atoms with E-state index in [0.717, 1.165) is 18.5 Å². The minimum absolute atomic E-state index is 0.126. The Hall–Kier alpha value is -1.92. The average molecular weight is 281 g/mol. The summed E-state index contributed by atoms with van der Waals surface area (Å²) in [6, 6.07) is 0. The Balaban J connectivity index is 1.82. The number of carboxylic acids is 1. The van der Waals surface area contributed by atoms with E-state index in [2.05, 4.69) is 5.10 Å². The first kappa shape index (κ1) is 13.1. The summed E-state index contributed by atoms with van der Waals surface area (Å²) in [6.07, 6.45) is 3.39. The molecule has 1 N–H and O–H groups in total. The number of aromatic nitrogens is 2. The number of hydrogen-bond donors (Lipinski definition) is 1. The van der Waals surface area contributed by atoms with E-state index in [1.165, 1.54) is 11.1 Å². The number of hydrogen-bond acceptors (Lipinski definition) is 3. The Labute approximate surface area is 115 Å². The molecular weight excluding hydrogens is 265 g/mol. The highest BCUT2D eigenvalue weighted by Gasteiger charge is 2.47. The third-order valence-corrected chi connectivity index (χ3v) is 4.07. The highest BCUT2D eigenvalue weighted by molar-refractivity contribution is 5.96. The number of rotatable bonds is 3. The van der Waals surface area contributed by atoms with Gasteiger partial charge in [0.05, 0.1) is 24.0 Å². The third-order valence-electron chi connectivity index (χ3n) is 4.07. The molecule has 0 aromatic carbocycles. The molecule has 1 saturated carbocycles. The number of carbonyl (C=O) groups is 2. The van der Waals surface area contributed by atoms with Crippen molar-refractivity contribution in [3.8, 4) is 0 Å². The second-order valence-electron chi connectivity index (χ2n) is 5.59. The standard InChI is InChI=1S/C13H16FN3O3/c1-16-10(8-2-3-8)9(6-15-16)11(18)17-5-4-13(14,7-17)12(19)20/h6,8H,2-5,7H2,1H3,(H,19,20). The normalized spacial score (nSPS) is 26.0. The van der Waals surface area contributed by atoms with Gasteiger partial charge in [-0.2, -0.15) is 5.10 Å². The van der Waals surface area contributed by atoms with Gasteiger partial charge in [0.2, 0.25) is 5.67 Å². The van der Waals surface area contributed by atoms with E-state index in [9.17, 15) is 14.0 Å². The first-order valence-electron chi connectivity index (χ1n) is 6.66. The number of carboxylic acid groups (broad SMARTS) is 1. The summed E-state index contributed by atoms with van der Waals surface area (Å²) in [5, 5.41) is 13.0. The monoisotopic (exact) mass is 281 g/mol. The van der Waals surface area contributed by atoms with Crippen molar-refractivity contribution in [1.29, 1.82) is 0 Å². The van der Waals surface area contributed by atoms with Gasteiger partial charge in [-0.05, 0) is 12.8 Å². The summed E-state index contributed by atoms with van der Waals surface area (Å²) in [5.74, 6) is -1.47. The van der Waals surface area contributed by atoms with E-state index in [-0.39, 0.29) is 25.4 Å². The van der Waals surface area contributed by atoms with Gasteiger partial charge in [-0.3, -0.25) is 9.48 Å². The fraction of sp³-hybridized carbons (Fsp3) is 0.615. The van der Waals surface area contributed by atoms with Crippen LogP contribution in [0.1, 0.15) is 41.2 Å². The van der Waals surface area contributed by atoms with Crippen molar-refractivity contribution in [1.82, 2.24) is 14.7 Å². The lowest BCUT2D eigenvalue weighted by Crippen LogP contribution is -2.39. The minimum atomic E-state index is -2.32. The molecule has 1 aliphatic carbocycles. The quantitative estimate of drug-likeness (QED) is 0.894. The van der Waals surface area contributed by atoms with E-state index in [4.69, 9.17) is 5.11 Å². The van der Waals surface area contributed by atoms with E-state index >= 15 is 0 Å². The molecule has 1 aromatic heterocycles.